The fraction of sp³-hybridized carbons (Fsp3) is 0.692. The first-order chi connectivity index (χ1) is 10.1. The van der Waals surface area contributed by atoms with Gasteiger partial charge in [-0.25, -0.2) is 8.42 Å². The molecule has 1 atom stereocenters. The van der Waals surface area contributed by atoms with Crippen LogP contribution in [0.2, 0.25) is 0 Å². The van der Waals surface area contributed by atoms with Crippen molar-refractivity contribution in [2.75, 3.05) is 37.0 Å². The van der Waals surface area contributed by atoms with Crippen molar-refractivity contribution in [1.82, 2.24) is 10.1 Å². The third-order valence-corrected chi connectivity index (χ3v) is 5.47. The molecule has 0 aromatic carbocycles. The van der Waals surface area contributed by atoms with E-state index in [4.69, 9.17) is 4.52 Å². The summed E-state index contributed by atoms with van der Waals surface area (Å²) in [5.41, 5.74) is -0.0767. The molecule has 1 aliphatic heterocycles. The van der Waals surface area contributed by atoms with Gasteiger partial charge >= 0.3 is 0 Å². The molecular weight excluding hydrogens is 310 g/mol. The van der Waals surface area contributed by atoms with Crippen molar-refractivity contribution in [3.05, 3.63) is 11.8 Å². The number of nitrogens with zero attached hydrogens (tertiary/aromatic N) is 2. The van der Waals surface area contributed by atoms with Gasteiger partial charge in [-0.1, -0.05) is 19.0 Å². The summed E-state index contributed by atoms with van der Waals surface area (Å²) >= 11 is 0. The van der Waals surface area contributed by atoms with Crippen LogP contribution in [0.5, 0.6) is 0 Å². The van der Waals surface area contributed by atoms with Crippen LogP contribution in [-0.2, 0) is 20.0 Å². The highest BCUT2D eigenvalue weighted by atomic mass is 32.2. The van der Waals surface area contributed by atoms with Crippen molar-refractivity contribution >= 4 is 21.6 Å². The molecule has 0 saturated carbocycles. The van der Waals surface area contributed by atoms with Gasteiger partial charge < -0.3 is 9.63 Å². The fourth-order valence-electron chi connectivity index (χ4n) is 2.10. The number of amides is 1. The van der Waals surface area contributed by atoms with E-state index in [1.54, 1.807) is 25.8 Å². The highest BCUT2D eigenvalue weighted by molar-refractivity contribution is 7.91. The first-order valence-corrected chi connectivity index (χ1v) is 8.76. The lowest BCUT2D eigenvalue weighted by atomic mass is 9.91. The normalized spacial score (nSPS) is 22.5. The second-order valence-electron chi connectivity index (χ2n) is 6.22. The van der Waals surface area contributed by atoms with Crippen LogP contribution in [0, 0.1) is 0 Å². The molecule has 22 heavy (non-hydrogen) atoms. The monoisotopic (exact) mass is 331 g/mol. The van der Waals surface area contributed by atoms with Crippen molar-refractivity contribution in [2.24, 2.45) is 0 Å². The molecule has 2 N–H and O–H groups in total. The Labute approximate surface area is 129 Å². The number of carbonyl (C=O) groups excluding carboxylic acids is 1. The molecule has 2 rings (SSSR count). The number of sulfone groups is 1. The SMILES string of the molecule is CN1CCS(=O)(=O)CC1C(=O)Nc1cc(C(C)(C)CO)no1. The second kappa shape index (κ2) is 5.98. The van der Waals surface area contributed by atoms with Gasteiger partial charge in [0.2, 0.25) is 11.8 Å². The standard InChI is InChI=1S/C13H21N3O5S/c1-13(2,8-17)10-6-11(21-15-10)14-12(18)9-7-22(19,20)5-4-16(9)3/h6,9,17H,4-5,7-8H2,1-3H3,(H,14,18). The molecule has 1 amide bonds. The zero-order chi connectivity index (χ0) is 16.5. The Hall–Kier alpha value is -1.45. The predicted octanol–water partition coefficient (Wildman–Crippen LogP) is -0.388. The molecule has 0 spiro atoms. The number of carbonyl (C=O) groups is 1. The zero-order valence-corrected chi connectivity index (χ0v) is 13.7. The summed E-state index contributed by atoms with van der Waals surface area (Å²) in [6, 6.07) is 0.781. The number of likely N-dealkylation sites (N-methyl/N-ethyl adjacent to an activating group) is 1. The van der Waals surface area contributed by atoms with Gasteiger partial charge in [0.15, 0.2) is 9.84 Å². The molecule has 0 radical (unpaired) electrons. The van der Waals surface area contributed by atoms with Crippen molar-refractivity contribution in [2.45, 2.75) is 25.3 Å². The first-order valence-electron chi connectivity index (χ1n) is 6.94. The van der Waals surface area contributed by atoms with Gasteiger partial charge in [-0.05, 0) is 7.05 Å². The van der Waals surface area contributed by atoms with E-state index < -0.39 is 27.2 Å². The van der Waals surface area contributed by atoms with Gasteiger partial charge in [-0.15, -0.1) is 0 Å². The lowest BCUT2D eigenvalue weighted by Gasteiger charge is -2.30. The average molecular weight is 331 g/mol. The topological polar surface area (TPSA) is 113 Å². The molecule has 0 aliphatic carbocycles. The third-order valence-electron chi connectivity index (χ3n) is 3.85. The molecule has 1 saturated heterocycles. The van der Waals surface area contributed by atoms with Gasteiger partial charge in [0.05, 0.1) is 23.8 Å². The summed E-state index contributed by atoms with van der Waals surface area (Å²) in [5.74, 6) is -0.462. The highest BCUT2D eigenvalue weighted by Crippen LogP contribution is 2.24. The molecule has 2 heterocycles. The van der Waals surface area contributed by atoms with E-state index in [-0.39, 0.29) is 24.0 Å². The van der Waals surface area contributed by atoms with E-state index in [0.29, 0.717) is 12.2 Å². The molecule has 1 aliphatic rings. The Balaban J connectivity index is 2.09. The molecule has 124 valence electrons. The van der Waals surface area contributed by atoms with Gasteiger partial charge in [0.1, 0.15) is 6.04 Å². The number of nitrogens with one attached hydrogen (secondary N) is 1. The van der Waals surface area contributed by atoms with Gasteiger partial charge in [-0.3, -0.25) is 15.0 Å². The van der Waals surface area contributed by atoms with Crippen LogP contribution in [0.15, 0.2) is 10.6 Å². The number of hydrogen-bond donors (Lipinski definition) is 2. The van der Waals surface area contributed by atoms with Crippen molar-refractivity contribution in [1.29, 1.82) is 0 Å². The Kier molecular flexibility index (Phi) is 4.59. The van der Waals surface area contributed by atoms with Crippen molar-refractivity contribution in [3.63, 3.8) is 0 Å². The van der Waals surface area contributed by atoms with Crippen molar-refractivity contribution in [3.8, 4) is 0 Å². The molecule has 8 nitrogen and oxygen atoms in total. The highest BCUT2D eigenvalue weighted by Gasteiger charge is 2.34. The van der Waals surface area contributed by atoms with E-state index in [0.717, 1.165) is 0 Å². The minimum absolute atomic E-state index is 0.0599. The molecule has 1 unspecified atom stereocenters. The van der Waals surface area contributed by atoms with Crippen LogP contribution in [0.3, 0.4) is 0 Å². The number of aliphatic hydroxyl groups is 1. The summed E-state index contributed by atoms with van der Waals surface area (Å²) in [6.07, 6.45) is 0. The fourth-order valence-corrected chi connectivity index (χ4v) is 3.72. The minimum atomic E-state index is -3.21. The van der Waals surface area contributed by atoms with E-state index in [1.807, 2.05) is 0 Å². The third kappa shape index (κ3) is 3.65. The second-order valence-corrected chi connectivity index (χ2v) is 8.45. The molecule has 9 heteroatoms. The van der Waals surface area contributed by atoms with Gasteiger partial charge in [-0.2, -0.15) is 0 Å². The maximum Gasteiger partial charge on any atom is 0.245 e. The molecule has 1 aromatic rings. The van der Waals surface area contributed by atoms with E-state index >= 15 is 0 Å². The van der Waals surface area contributed by atoms with Crippen LogP contribution in [-0.4, -0.2) is 67.2 Å². The van der Waals surface area contributed by atoms with Crippen LogP contribution >= 0.6 is 0 Å². The largest absolute Gasteiger partial charge is 0.395 e. The molecule has 0 bridgehead atoms. The summed E-state index contributed by atoms with van der Waals surface area (Å²) < 4.78 is 28.4. The van der Waals surface area contributed by atoms with Crippen LogP contribution in [0.1, 0.15) is 19.5 Å². The Morgan fingerprint density at radius 1 is 1.59 bits per heavy atom. The van der Waals surface area contributed by atoms with Gasteiger partial charge in [0, 0.05) is 18.0 Å². The first kappa shape index (κ1) is 16.9. The molecule has 1 aromatic heterocycles. The number of rotatable bonds is 4. The lowest BCUT2D eigenvalue weighted by Crippen LogP contribution is -2.52. The van der Waals surface area contributed by atoms with Crippen LogP contribution in [0.25, 0.3) is 0 Å². The number of hydrogen-bond acceptors (Lipinski definition) is 7. The van der Waals surface area contributed by atoms with E-state index in [1.165, 1.54) is 6.07 Å². The van der Waals surface area contributed by atoms with Gasteiger partial charge in [0.25, 0.3) is 0 Å². The summed E-state index contributed by atoms with van der Waals surface area (Å²) in [7, 11) is -1.50. The Morgan fingerprint density at radius 3 is 2.91 bits per heavy atom. The maximum atomic E-state index is 12.2. The predicted molar refractivity (Wildman–Crippen MR) is 80.3 cm³/mol. The number of anilines is 1. The smallest absolute Gasteiger partial charge is 0.245 e. The van der Waals surface area contributed by atoms with Crippen LogP contribution < -0.4 is 5.32 Å². The molecule has 1 fully saturated rings. The maximum absolute atomic E-state index is 12.2. The number of aliphatic hydroxyl groups excluding tert-OH is 1. The van der Waals surface area contributed by atoms with E-state index in [9.17, 15) is 18.3 Å². The zero-order valence-electron chi connectivity index (χ0n) is 12.9. The summed E-state index contributed by atoms with van der Waals surface area (Å²) in [6.45, 7) is 3.78. The number of aromatic nitrogens is 1. The lowest BCUT2D eigenvalue weighted by molar-refractivity contribution is -0.120. The van der Waals surface area contributed by atoms with Crippen LogP contribution in [0.4, 0.5) is 5.88 Å². The summed E-state index contributed by atoms with van der Waals surface area (Å²) in [4.78, 5) is 13.9. The van der Waals surface area contributed by atoms with Crippen molar-refractivity contribution < 1.29 is 22.8 Å². The Bertz CT molecular complexity index is 652. The quantitative estimate of drug-likeness (QED) is 0.772. The summed E-state index contributed by atoms with van der Waals surface area (Å²) in [5, 5.41) is 15.7. The minimum Gasteiger partial charge on any atom is -0.395 e. The average Bonchev–Trinajstić information content (AvgIpc) is 2.90. The molecular formula is C13H21N3O5S. The Morgan fingerprint density at radius 2 is 2.27 bits per heavy atom. The van der Waals surface area contributed by atoms with E-state index in [2.05, 4.69) is 10.5 Å².